The van der Waals surface area contributed by atoms with E-state index in [1.165, 1.54) is 18.4 Å². The minimum atomic E-state index is 0.708. The van der Waals surface area contributed by atoms with Crippen molar-refractivity contribution < 1.29 is 0 Å². The number of anilines is 1. The van der Waals surface area contributed by atoms with Crippen molar-refractivity contribution >= 4 is 5.69 Å². The second kappa shape index (κ2) is 6.00. The maximum atomic E-state index is 3.93. The molecule has 20 heavy (non-hydrogen) atoms. The van der Waals surface area contributed by atoms with Crippen LogP contribution in [0.15, 0.2) is 24.5 Å². The molecule has 2 heterocycles. The fraction of sp³-hybridized carbons (Fsp3) is 0.500. The lowest BCUT2D eigenvalue weighted by molar-refractivity contribution is 0.393. The van der Waals surface area contributed by atoms with Gasteiger partial charge in [0.25, 0.3) is 0 Å². The van der Waals surface area contributed by atoms with Crippen molar-refractivity contribution in [2.75, 3.05) is 25.0 Å². The third kappa shape index (κ3) is 2.96. The first kappa shape index (κ1) is 13.1. The number of hydrogen-bond acceptors (Lipinski definition) is 5. The van der Waals surface area contributed by atoms with Gasteiger partial charge in [0.05, 0.1) is 5.69 Å². The smallest absolute Gasteiger partial charge is 0.143 e. The van der Waals surface area contributed by atoms with Crippen molar-refractivity contribution in [1.82, 2.24) is 25.5 Å². The Labute approximate surface area is 118 Å². The summed E-state index contributed by atoms with van der Waals surface area (Å²) in [6, 6.07) is 6.22. The topological polar surface area (TPSA) is 67.7 Å². The van der Waals surface area contributed by atoms with Crippen LogP contribution in [0.3, 0.4) is 0 Å². The van der Waals surface area contributed by atoms with E-state index in [1.807, 2.05) is 6.07 Å². The maximum Gasteiger partial charge on any atom is 0.143 e. The van der Waals surface area contributed by atoms with E-state index in [1.54, 1.807) is 11.0 Å². The monoisotopic (exact) mass is 272 g/mol. The van der Waals surface area contributed by atoms with Gasteiger partial charge < -0.3 is 10.6 Å². The van der Waals surface area contributed by atoms with Crippen LogP contribution in [0, 0.1) is 12.8 Å². The van der Waals surface area contributed by atoms with Crippen LogP contribution >= 0.6 is 0 Å². The Bertz CT molecular complexity index is 545. The van der Waals surface area contributed by atoms with Gasteiger partial charge in [0.2, 0.25) is 0 Å². The van der Waals surface area contributed by atoms with Crippen LogP contribution in [0.4, 0.5) is 5.69 Å². The third-order valence-electron chi connectivity index (χ3n) is 3.81. The molecule has 6 nitrogen and oxygen atoms in total. The molecule has 0 bridgehead atoms. The van der Waals surface area contributed by atoms with Crippen molar-refractivity contribution in [3.63, 3.8) is 0 Å². The Kier molecular flexibility index (Phi) is 3.92. The average Bonchev–Trinajstić information content (AvgIpc) is 3.02. The summed E-state index contributed by atoms with van der Waals surface area (Å²) in [5.41, 5.74) is 3.37. The molecule has 1 aliphatic heterocycles. The Morgan fingerprint density at radius 3 is 3.15 bits per heavy atom. The molecule has 1 saturated heterocycles. The third-order valence-corrected chi connectivity index (χ3v) is 3.81. The first-order chi connectivity index (χ1) is 9.83. The van der Waals surface area contributed by atoms with Gasteiger partial charge in [-0.25, -0.2) is 4.68 Å². The number of piperidine rings is 1. The van der Waals surface area contributed by atoms with Crippen LogP contribution in [0.2, 0.25) is 0 Å². The van der Waals surface area contributed by atoms with E-state index in [0.717, 1.165) is 31.0 Å². The summed E-state index contributed by atoms with van der Waals surface area (Å²) in [6.07, 6.45) is 4.18. The summed E-state index contributed by atoms with van der Waals surface area (Å²) >= 11 is 0. The molecule has 0 spiro atoms. The van der Waals surface area contributed by atoms with Crippen LogP contribution in [-0.2, 0) is 0 Å². The van der Waals surface area contributed by atoms with Gasteiger partial charge in [-0.1, -0.05) is 6.07 Å². The Morgan fingerprint density at radius 1 is 1.45 bits per heavy atom. The van der Waals surface area contributed by atoms with E-state index < -0.39 is 0 Å². The minimum absolute atomic E-state index is 0.708. The number of tetrazole rings is 1. The second-order valence-electron chi connectivity index (χ2n) is 5.35. The van der Waals surface area contributed by atoms with E-state index >= 15 is 0 Å². The highest BCUT2D eigenvalue weighted by molar-refractivity contribution is 5.56. The first-order valence-electron chi connectivity index (χ1n) is 7.11. The molecule has 1 aromatic carbocycles. The normalized spacial score (nSPS) is 18.9. The van der Waals surface area contributed by atoms with Crippen molar-refractivity contribution in [3.05, 3.63) is 30.1 Å². The molecule has 0 aliphatic carbocycles. The summed E-state index contributed by atoms with van der Waals surface area (Å²) in [6.45, 7) is 5.39. The van der Waals surface area contributed by atoms with Gasteiger partial charge in [0.15, 0.2) is 0 Å². The summed E-state index contributed by atoms with van der Waals surface area (Å²) in [7, 11) is 0. The molecule has 2 N–H and O–H groups in total. The number of hydrogen-bond donors (Lipinski definition) is 2. The molecular formula is C14H20N6. The summed E-state index contributed by atoms with van der Waals surface area (Å²) in [5, 5.41) is 18.3. The molecular weight excluding hydrogens is 252 g/mol. The van der Waals surface area contributed by atoms with Gasteiger partial charge in [-0.05, 0) is 66.9 Å². The Balaban J connectivity index is 1.70. The molecule has 1 aromatic heterocycles. The van der Waals surface area contributed by atoms with Crippen molar-refractivity contribution in [3.8, 4) is 5.69 Å². The standard InChI is InChI=1S/C14H20N6/c1-11-4-5-13(20-10-17-18-19-20)7-14(11)16-9-12-3-2-6-15-8-12/h4-5,7,10,12,15-16H,2-3,6,8-9H2,1H3. The quantitative estimate of drug-likeness (QED) is 0.880. The molecule has 1 aliphatic rings. The molecule has 6 heteroatoms. The highest BCUT2D eigenvalue weighted by Gasteiger charge is 2.13. The van der Waals surface area contributed by atoms with E-state index in [-0.39, 0.29) is 0 Å². The van der Waals surface area contributed by atoms with E-state index in [2.05, 4.69) is 45.2 Å². The number of nitrogens with one attached hydrogen (secondary N) is 2. The zero-order chi connectivity index (χ0) is 13.8. The number of aromatic nitrogens is 4. The van der Waals surface area contributed by atoms with Crippen molar-refractivity contribution in [2.45, 2.75) is 19.8 Å². The summed E-state index contributed by atoms with van der Waals surface area (Å²) in [5.74, 6) is 0.708. The molecule has 0 saturated carbocycles. The number of aryl methyl sites for hydroxylation is 1. The van der Waals surface area contributed by atoms with Gasteiger partial charge in [-0.2, -0.15) is 0 Å². The molecule has 0 amide bonds. The highest BCUT2D eigenvalue weighted by Crippen LogP contribution is 2.20. The van der Waals surface area contributed by atoms with Crippen LogP contribution < -0.4 is 10.6 Å². The molecule has 1 atom stereocenters. The predicted octanol–water partition coefficient (Wildman–Crippen LogP) is 1.38. The van der Waals surface area contributed by atoms with E-state index in [4.69, 9.17) is 0 Å². The largest absolute Gasteiger partial charge is 0.384 e. The zero-order valence-electron chi connectivity index (χ0n) is 11.7. The number of nitrogens with zero attached hydrogens (tertiary/aromatic N) is 4. The summed E-state index contributed by atoms with van der Waals surface area (Å²) < 4.78 is 1.67. The highest BCUT2D eigenvalue weighted by atomic mass is 15.5. The van der Waals surface area contributed by atoms with Crippen LogP contribution in [0.5, 0.6) is 0 Å². The lowest BCUT2D eigenvalue weighted by Gasteiger charge is -2.24. The second-order valence-corrected chi connectivity index (χ2v) is 5.35. The molecule has 106 valence electrons. The summed E-state index contributed by atoms with van der Waals surface area (Å²) in [4.78, 5) is 0. The fourth-order valence-electron chi connectivity index (χ4n) is 2.58. The van der Waals surface area contributed by atoms with Gasteiger partial charge in [-0.3, -0.25) is 0 Å². The minimum Gasteiger partial charge on any atom is -0.384 e. The lowest BCUT2D eigenvalue weighted by atomic mass is 9.99. The van der Waals surface area contributed by atoms with Gasteiger partial charge in [0, 0.05) is 12.2 Å². The maximum absolute atomic E-state index is 3.93. The van der Waals surface area contributed by atoms with E-state index in [9.17, 15) is 0 Å². The molecule has 1 unspecified atom stereocenters. The van der Waals surface area contributed by atoms with Crippen LogP contribution in [-0.4, -0.2) is 39.8 Å². The molecule has 2 aromatic rings. The lowest BCUT2D eigenvalue weighted by Crippen LogP contribution is -2.33. The van der Waals surface area contributed by atoms with Crippen LogP contribution in [0.25, 0.3) is 5.69 Å². The van der Waals surface area contributed by atoms with Gasteiger partial charge >= 0.3 is 0 Å². The molecule has 3 rings (SSSR count). The zero-order valence-corrected chi connectivity index (χ0v) is 11.7. The Morgan fingerprint density at radius 2 is 2.40 bits per heavy atom. The van der Waals surface area contributed by atoms with Gasteiger partial charge in [0.1, 0.15) is 6.33 Å². The molecule has 0 radical (unpaired) electrons. The van der Waals surface area contributed by atoms with Crippen LogP contribution in [0.1, 0.15) is 18.4 Å². The van der Waals surface area contributed by atoms with E-state index in [0.29, 0.717) is 5.92 Å². The predicted molar refractivity (Wildman–Crippen MR) is 78.0 cm³/mol. The van der Waals surface area contributed by atoms with Crippen molar-refractivity contribution in [1.29, 1.82) is 0 Å². The Hall–Kier alpha value is -1.95. The van der Waals surface area contributed by atoms with Crippen molar-refractivity contribution in [2.24, 2.45) is 5.92 Å². The number of rotatable bonds is 4. The first-order valence-corrected chi connectivity index (χ1v) is 7.11. The number of benzene rings is 1. The average molecular weight is 272 g/mol. The van der Waals surface area contributed by atoms with Gasteiger partial charge in [-0.15, -0.1) is 5.10 Å². The fourth-order valence-corrected chi connectivity index (χ4v) is 2.58. The SMILES string of the molecule is Cc1ccc(-n2cnnn2)cc1NCC1CCCNC1. The molecule has 1 fully saturated rings.